The molecule has 1 saturated carbocycles. The predicted octanol–water partition coefficient (Wildman–Crippen LogP) is 2.77. The van der Waals surface area contributed by atoms with Crippen LogP contribution in [0, 0.1) is 0 Å². The Morgan fingerprint density at radius 3 is 2.37 bits per heavy atom. The summed E-state index contributed by atoms with van der Waals surface area (Å²) in [6, 6.07) is 7.50. The molecule has 0 bridgehead atoms. The first-order chi connectivity index (χ1) is 14.3. The van der Waals surface area contributed by atoms with Crippen molar-refractivity contribution in [2.24, 2.45) is 0 Å². The first-order valence-electron chi connectivity index (χ1n) is 10.9. The monoisotopic (exact) mass is 418 g/mol. The number of esters is 1. The van der Waals surface area contributed by atoms with Gasteiger partial charge in [0.2, 0.25) is 5.91 Å². The highest BCUT2D eigenvalue weighted by Gasteiger charge is 2.37. The minimum Gasteiger partial charge on any atom is -0.480 e. The Labute approximate surface area is 178 Å². The van der Waals surface area contributed by atoms with Crippen LogP contribution in [0.2, 0.25) is 0 Å². The maximum absolute atomic E-state index is 13.2. The highest BCUT2D eigenvalue weighted by Crippen LogP contribution is 2.26. The number of carboxylic acids is 1. The molecular formula is C23H34N2O5. The molecule has 1 aliphatic rings. The number of rotatable bonds is 11. The lowest BCUT2D eigenvalue weighted by Gasteiger charge is -2.35. The van der Waals surface area contributed by atoms with E-state index in [-0.39, 0.29) is 18.6 Å². The fourth-order valence-corrected chi connectivity index (χ4v) is 4.05. The smallest absolute Gasteiger partial charge is 0.326 e. The van der Waals surface area contributed by atoms with E-state index in [1.165, 1.54) is 4.90 Å². The molecule has 0 spiro atoms. The van der Waals surface area contributed by atoms with Gasteiger partial charge in [-0.2, -0.15) is 0 Å². The van der Waals surface area contributed by atoms with E-state index in [9.17, 15) is 19.5 Å². The molecule has 0 aliphatic heterocycles. The van der Waals surface area contributed by atoms with Crippen molar-refractivity contribution in [3.8, 4) is 0 Å². The number of carbonyl (C=O) groups is 3. The van der Waals surface area contributed by atoms with Crippen molar-refractivity contribution in [1.29, 1.82) is 0 Å². The molecule has 2 rings (SSSR count). The van der Waals surface area contributed by atoms with Crippen molar-refractivity contribution < 1.29 is 24.2 Å². The van der Waals surface area contributed by atoms with Crippen LogP contribution in [0.3, 0.4) is 0 Å². The maximum atomic E-state index is 13.2. The molecule has 0 heterocycles. The number of nitrogens with zero attached hydrogens (tertiary/aromatic N) is 1. The van der Waals surface area contributed by atoms with Gasteiger partial charge in [-0.05, 0) is 52.0 Å². The maximum Gasteiger partial charge on any atom is 0.326 e. The number of hydrogen-bond acceptors (Lipinski definition) is 5. The van der Waals surface area contributed by atoms with E-state index in [0.717, 1.165) is 31.2 Å². The van der Waals surface area contributed by atoms with E-state index in [1.54, 1.807) is 20.8 Å². The zero-order chi connectivity index (χ0) is 22.1. The molecule has 2 N–H and O–H groups in total. The fourth-order valence-electron chi connectivity index (χ4n) is 4.05. The normalized spacial score (nSPS) is 17.2. The van der Waals surface area contributed by atoms with Gasteiger partial charge < -0.3 is 14.7 Å². The summed E-state index contributed by atoms with van der Waals surface area (Å²) >= 11 is 0. The molecule has 1 aromatic rings. The average Bonchev–Trinajstić information content (AvgIpc) is 3.26. The molecule has 1 unspecified atom stereocenters. The summed E-state index contributed by atoms with van der Waals surface area (Å²) < 4.78 is 5.20. The number of ether oxygens (including phenoxy) is 1. The third kappa shape index (κ3) is 6.55. The summed E-state index contributed by atoms with van der Waals surface area (Å²) in [6.07, 6.45) is 4.75. The molecule has 1 amide bonds. The Bertz CT molecular complexity index is 703. The molecule has 0 radical (unpaired) electrons. The highest BCUT2D eigenvalue weighted by molar-refractivity contribution is 5.87. The fraction of sp³-hybridized carbons (Fsp3) is 0.609. The van der Waals surface area contributed by atoms with Crippen molar-refractivity contribution in [3.63, 3.8) is 0 Å². The zero-order valence-electron chi connectivity index (χ0n) is 18.2. The van der Waals surface area contributed by atoms with Crippen LogP contribution in [0.4, 0.5) is 0 Å². The Morgan fingerprint density at radius 1 is 1.17 bits per heavy atom. The van der Waals surface area contributed by atoms with E-state index in [2.05, 4.69) is 5.32 Å². The molecule has 7 heteroatoms. The molecular weight excluding hydrogens is 384 g/mol. The van der Waals surface area contributed by atoms with Gasteiger partial charge in [-0.15, -0.1) is 0 Å². The topological polar surface area (TPSA) is 95.9 Å². The lowest BCUT2D eigenvalue weighted by molar-refractivity contribution is -0.153. The van der Waals surface area contributed by atoms with E-state index < -0.39 is 30.1 Å². The Kier molecular flexibility index (Phi) is 9.30. The van der Waals surface area contributed by atoms with E-state index >= 15 is 0 Å². The quantitative estimate of drug-likeness (QED) is 0.537. The van der Waals surface area contributed by atoms with Crippen LogP contribution in [0.25, 0.3) is 0 Å². The Morgan fingerprint density at radius 2 is 1.80 bits per heavy atom. The summed E-state index contributed by atoms with van der Waals surface area (Å²) in [4.78, 5) is 38.8. The first-order valence-corrected chi connectivity index (χ1v) is 10.9. The van der Waals surface area contributed by atoms with Crippen molar-refractivity contribution >= 4 is 17.8 Å². The van der Waals surface area contributed by atoms with Crippen LogP contribution in [-0.4, -0.2) is 58.6 Å². The average molecular weight is 419 g/mol. The molecule has 1 aliphatic carbocycles. The largest absolute Gasteiger partial charge is 0.480 e. The summed E-state index contributed by atoms with van der Waals surface area (Å²) in [6.45, 7) is 5.24. The number of aliphatic carboxylic acids is 1. The number of nitrogens with one attached hydrogen (secondary N) is 1. The van der Waals surface area contributed by atoms with Crippen molar-refractivity contribution in [1.82, 2.24) is 10.2 Å². The lowest BCUT2D eigenvalue weighted by Crippen LogP contribution is -2.57. The van der Waals surface area contributed by atoms with Crippen LogP contribution < -0.4 is 5.32 Å². The zero-order valence-corrected chi connectivity index (χ0v) is 18.2. The molecule has 7 nitrogen and oxygen atoms in total. The molecule has 166 valence electrons. The molecule has 1 fully saturated rings. The summed E-state index contributed by atoms with van der Waals surface area (Å²) in [5.74, 6) is -1.70. The van der Waals surface area contributed by atoms with Crippen LogP contribution in [0.1, 0.15) is 58.4 Å². The standard InChI is InChI=1S/C23H34N2O5/c1-4-30-23(29)20(15-14-18-10-6-5-7-11-18)24-16(2)21(26)25(17(3)22(27)28)19-12-8-9-13-19/h5-7,10-11,16-17,19-20,24H,4,8-9,12-15H2,1-3H3,(H,27,28)/t16-,17-,20?/m0/s1. The van der Waals surface area contributed by atoms with Crippen molar-refractivity contribution in [3.05, 3.63) is 35.9 Å². The van der Waals surface area contributed by atoms with E-state index in [0.29, 0.717) is 12.8 Å². The van der Waals surface area contributed by atoms with Gasteiger partial charge in [-0.25, -0.2) is 4.79 Å². The van der Waals surface area contributed by atoms with Gasteiger partial charge in [-0.3, -0.25) is 14.9 Å². The molecule has 1 aromatic carbocycles. The van der Waals surface area contributed by atoms with Gasteiger partial charge in [0.1, 0.15) is 12.1 Å². The van der Waals surface area contributed by atoms with Crippen LogP contribution in [0.5, 0.6) is 0 Å². The molecule has 3 atom stereocenters. The van der Waals surface area contributed by atoms with Gasteiger partial charge in [0.15, 0.2) is 0 Å². The van der Waals surface area contributed by atoms with Crippen molar-refractivity contribution in [2.45, 2.75) is 83.5 Å². The van der Waals surface area contributed by atoms with Crippen LogP contribution >= 0.6 is 0 Å². The highest BCUT2D eigenvalue weighted by atomic mass is 16.5. The second-order valence-electron chi connectivity index (χ2n) is 7.92. The van der Waals surface area contributed by atoms with E-state index in [4.69, 9.17) is 4.74 Å². The summed E-state index contributed by atoms with van der Waals surface area (Å²) in [7, 11) is 0. The lowest BCUT2D eigenvalue weighted by atomic mass is 10.0. The second-order valence-corrected chi connectivity index (χ2v) is 7.92. The van der Waals surface area contributed by atoms with Gasteiger partial charge >= 0.3 is 11.9 Å². The number of benzene rings is 1. The SMILES string of the molecule is CCOC(=O)C(CCc1ccccc1)N[C@@H](C)C(=O)N(C1CCCC1)[C@@H](C)C(=O)O. The van der Waals surface area contributed by atoms with E-state index in [1.807, 2.05) is 30.3 Å². The van der Waals surface area contributed by atoms with Gasteiger partial charge in [0, 0.05) is 6.04 Å². The Hall–Kier alpha value is -2.41. The number of amides is 1. The minimum absolute atomic E-state index is 0.0711. The number of aryl methyl sites for hydroxylation is 1. The third-order valence-corrected chi connectivity index (χ3v) is 5.70. The van der Waals surface area contributed by atoms with Gasteiger partial charge in [-0.1, -0.05) is 43.2 Å². The third-order valence-electron chi connectivity index (χ3n) is 5.70. The van der Waals surface area contributed by atoms with Crippen LogP contribution in [-0.2, 0) is 25.5 Å². The molecule has 0 aromatic heterocycles. The number of hydrogen-bond donors (Lipinski definition) is 2. The minimum atomic E-state index is -1.02. The molecule has 0 saturated heterocycles. The summed E-state index contributed by atoms with van der Waals surface area (Å²) in [5.41, 5.74) is 1.10. The predicted molar refractivity (Wildman–Crippen MR) is 114 cm³/mol. The second kappa shape index (κ2) is 11.7. The number of carbonyl (C=O) groups excluding carboxylic acids is 2. The summed E-state index contributed by atoms with van der Waals surface area (Å²) in [5, 5.41) is 12.6. The van der Waals surface area contributed by atoms with Gasteiger partial charge in [0.05, 0.1) is 12.6 Å². The Balaban J connectivity index is 2.10. The first kappa shape index (κ1) is 23.9. The van der Waals surface area contributed by atoms with Crippen molar-refractivity contribution in [2.75, 3.05) is 6.61 Å². The molecule has 30 heavy (non-hydrogen) atoms. The van der Waals surface area contributed by atoms with Gasteiger partial charge in [0.25, 0.3) is 0 Å². The number of carboxylic acid groups (broad SMARTS) is 1. The van der Waals surface area contributed by atoms with Crippen LogP contribution in [0.15, 0.2) is 30.3 Å².